The standard InChI is InChI=1S/C46H58O5S/c47-46(51-45-40(30-7-3-1-4-8-30)25-36(52(48,49)50)26-41(45)31-9-5-2-6-10-31)44-42(38-21-28-12-15-33(38)18-28)23-35(37-20-27-11-14-32(37)17-27)24-43(44)39-22-29-13-16-34(39)19-29/h15,23-32,34,37-39H,1-14,16-22H2,(H,48,49,50). The molecule has 8 aliphatic rings. The first-order valence-electron chi connectivity index (χ1n) is 21.5. The highest BCUT2D eigenvalue weighted by Crippen LogP contribution is 2.59. The minimum Gasteiger partial charge on any atom is -0.422 e. The molecule has 0 aliphatic heterocycles. The van der Waals surface area contributed by atoms with Crippen molar-refractivity contribution in [2.24, 2.45) is 29.6 Å². The molecule has 7 saturated carbocycles. The molecule has 6 bridgehead atoms. The summed E-state index contributed by atoms with van der Waals surface area (Å²) in [7, 11) is -4.43. The van der Waals surface area contributed by atoms with Crippen LogP contribution in [0.5, 0.6) is 5.75 Å². The average molecular weight is 723 g/mol. The van der Waals surface area contributed by atoms with Crippen molar-refractivity contribution in [3.63, 3.8) is 0 Å². The second-order valence-corrected chi connectivity index (χ2v) is 20.4. The predicted molar refractivity (Wildman–Crippen MR) is 204 cm³/mol. The van der Waals surface area contributed by atoms with Crippen LogP contribution in [0.1, 0.15) is 203 Å². The van der Waals surface area contributed by atoms with E-state index in [1.54, 1.807) is 12.1 Å². The molecule has 2 aromatic rings. The summed E-state index contributed by atoms with van der Waals surface area (Å²) >= 11 is 0. The molecule has 0 amide bonds. The lowest BCUT2D eigenvalue weighted by Gasteiger charge is -2.32. The van der Waals surface area contributed by atoms with Gasteiger partial charge in [-0.05, 0) is 177 Å². The third-order valence-electron chi connectivity index (χ3n) is 16.1. The molecule has 0 spiro atoms. The average Bonchev–Trinajstić information content (AvgIpc) is 4.04. The first-order chi connectivity index (χ1) is 25.3. The van der Waals surface area contributed by atoms with Crippen molar-refractivity contribution < 1.29 is 22.5 Å². The number of hydrogen-bond donors (Lipinski definition) is 1. The minimum absolute atomic E-state index is 0.0408. The van der Waals surface area contributed by atoms with Crippen molar-refractivity contribution in [1.82, 2.24) is 0 Å². The highest BCUT2D eigenvalue weighted by molar-refractivity contribution is 7.85. The summed E-state index contributed by atoms with van der Waals surface area (Å²) in [6.45, 7) is 0. The molecule has 5 nitrogen and oxygen atoms in total. The third kappa shape index (κ3) is 6.05. The zero-order valence-electron chi connectivity index (χ0n) is 31.0. The van der Waals surface area contributed by atoms with Gasteiger partial charge in [-0.2, -0.15) is 8.42 Å². The van der Waals surface area contributed by atoms with Crippen LogP contribution in [0.2, 0.25) is 0 Å². The number of ether oxygens (including phenoxy) is 1. The lowest BCUT2D eigenvalue weighted by molar-refractivity contribution is 0.0725. The molecule has 0 radical (unpaired) electrons. The molecule has 7 fully saturated rings. The Hall–Kier alpha value is -2.44. The highest BCUT2D eigenvalue weighted by atomic mass is 32.2. The molecule has 8 unspecified atom stereocenters. The van der Waals surface area contributed by atoms with Crippen LogP contribution in [0.4, 0.5) is 0 Å². The van der Waals surface area contributed by atoms with Gasteiger partial charge in [-0.25, -0.2) is 4.79 Å². The van der Waals surface area contributed by atoms with Gasteiger partial charge < -0.3 is 4.74 Å². The Morgan fingerprint density at radius 1 is 0.635 bits per heavy atom. The molecule has 8 aliphatic carbocycles. The van der Waals surface area contributed by atoms with Gasteiger partial charge in [0.25, 0.3) is 10.1 Å². The molecule has 0 aromatic heterocycles. The SMILES string of the molecule is O=C(Oc1c(C2CCCCC2)cc(S(=O)(=O)O)cc1C1CCCCC1)c1c(C2CC3CC=C2C3)cc(C2CC3CCC2C3)cc1C1CC2CCC1C2. The molecule has 1 N–H and O–H groups in total. The van der Waals surface area contributed by atoms with E-state index in [9.17, 15) is 13.0 Å². The highest BCUT2D eigenvalue weighted by Gasteiger charge is 2.46. The van der Waals surface area contributed by atoms with Crippen LogP contribution in [0.25, 0.3) is 0 Å². The van der Waals surface area contributed by atoms with Crippen LogP contribution in [0, 0.1) is 29.6 Å². The summed E-state index contributed by atoms with van der Waals surface area (Å²) < 4.78 is 43.0. The van der Waals surface area contributed by atoms with Crippen LogP contribution in [0.3, 0.4) is 0 Å². The van der Waals surface area contributed by atoms with E-state index in [0.717, 1.165) is 98.7 Å². The lowest BCUT2D eigenvalue weighted by atomic mass is 9.74. The second-order valence-electron chi connectivity index (χ2n) is 19.0. The van der Waals surface area contributed by atoms with E-state index in [4.69, 9.17) is 4.74 Å². The van der Waals surface area contributed by atoms with E-state index in [1.807, 2.05) is 0 Å². The van der Waals surface area contributed by atoms with E-state index >= 15 is 4.79 Å². The minimum atomic E-state index is -4.43. The largest absolute Gasteiger partial charge is 0.422 e. The summed E-state index contributed by atoms with van der Waals surface area (Å²) in [4.78, 5) is 15.4. The van der Waals surface area contributed by atoms with Crippen molar-refractivity contribution in [3.05, 3.63) is 69.3 Å². The van der Waals surface area contributed by atoms with Gasteiger partial charge in [0.1, 0.15) is 5.75 Å². The fourth-order valence-corrected chi connectivity index (χ4v) is 14.1. The summed E-state index contributed by atoms with van der Waals surface area (Å²) in [6.07, 6.45) is 26.9. The maximum absolute atomic E-state index is 15.5. The smallest absolute Gasteiger partial charge is 0.344 e. The molecule has 6 heteroatoms. The number of hydrogen-bond acceptors (Lipinski definition) is 4. The zero-order valence-corrected chi connectivity index (χ0v) is 31.8. The van der Waals surface area contributed by atoms with E-state index in [0.29, 0.717) is 29.4 Å². The van der Waals surface area contributed by atoms with Gasteiger partial charge in [0, 0.05) is 5.92 Å². The molecule has 10 rings (SSSR count). The maximum atomic E-state index is 15.5. The van der Waals surface area contributed by atoms with E-state index in [2.05, 4.69) is 18.2 Å². The molecular weight excluding hydrogens is 665 g/mol. The number of fused-ring (bicyclic) bond motifs is 6. The Morgan fingerprint density at radius 2 is 1.23 bits per heavy atom. The van der Waals surface area contributed by atoms with Crippen LogP contribution in [-0.2, 0) is 10.1 Å². The Morgan fingerprint density at radius 3 is 1.73 bits per heavy atom. The van der Waals surface area contributed by atoms with Crippen LogP contribution >= 0.6 is 0 Å². The number of allylic oxidation sites excluding steroid dienone is 2. The normalized spacial score (nSPS) is 34.4. The van der Waals surface area contributed by atoms with Crippen molar-refractivity contribution >= 4 is 16.1 Å². The molecule has 278 valence electrons. The first-order valence-corrected chi connectivity index (χ1v) is 22.9. The summed E-state index contributed by atoms with van der Waals surface area (Å²) in [5, 5.41) is 0. The lowest BCUT2D eigenvalue weighted by Crippen LogP contribution is -2.23. The molecule has 2 aromatic carbocycles. The topological polar surface area (TPSA) is 80.7 Å². The Balaban J connectivity index is 1.14. The van der Waals surface area contributed by atoms with Crippen molar-refractivity contribution in [3.8, 4) is 5.75 Å². The summed E-state index contributed by atoms with van der Waals surface area (Å²) in [5.41, 5.74) is 8.06. The third-order valence-corrected chi connectivity index (χ3v) is 16.9. The molecular formula is C46H58O5S. The number of rotatable bonds is 8. The number of esters is 1. The predicted octanol–water partition coefficient (Wildman–Crippen LogP) is 11.9. The van der Waals surface area contributed by atoms with Gasteiger partial charge in [-0.1, -0.05) is 75.1 Å². The van der Waals surface area contributed by atoms with Gasteiger partial charge in [-0.15, -0.1) is 0 Å². The quantitative estimate of drug-likeness (QED) is 0.127. The van der Waals surface area contributed by atoms with Crippen molar-refractivity contribution in [2.75, 3.05) is 0 Å². The number of carbonyl (C=O) groups excluding carboxylic acids is 1. The van der Waals surface area contributed by atoms with Gasteiger partial charge in [-0.3, -0.25) is 4.55 Å². The van der Waals surface area contributed by atoms with Gasteiger partial charge in [0.2, 0.25) is 0 Å². The van der Waals surface area contributed by atoms with E-state index in [1.165, 1.54) is 92.9 Å². The first kappa shape index (κ1) is 34.1. The fourth-order valence-electron chi connectivity index (χ4n) is 13.6. The second kappa shape index (κ2) is 13.4. The molecule has 8 atom stereocenters. The Labute approximate surface area is 311 Å². The fraction of sp³-hybridized carbons (Fsp3) is 0.674. The van der Waals surface area contributed by atoms with Crippen molar-refractivity contribution in [1.29, 1.82) is 0 Å². The summed E-state index contributed by atoms with van der Waals surface area (Å²) in [5.74, 6) is 5.66. The monoisotopic (exact) mass is 722 g/mol. The van der Waals surface area contributed by atoms with Crippen molar-refractivity contribution in [2.45, 2.75) is 169 Å². The van der Waals surface area contributed by atoms with Gasteiger partial charge >= 0.3 is 5.97 Å². The van der Waals surface area contributed by atoms with Crippen LogP contribution in [0.15, 0.2) is 40.8 Å². The van der Waals surface area contributed by atoms with Crippen LogP contribution in [-0.4, -0.2) is 18.9 Å². The summed E-state index contributed by atoms with van der Waals surface area (Å²) in [6, 6.07) is 8.34. The van der Waals surface area contributed by atoms with E-state index < -0.39 is 10.1 Å². The Bertz CT molecular complexity index is 1840. The molecule has 0 heterocycles. The maximum Gasteiger partial charge on any atom is 0.344 e. The molecule has 52 heavy (non-hydrogen) atoms. The van der Waals surface area contributed by atoms with E-state index in [-0.39, 0.29) is 28.6 Å². The van der Waals surface area contributed by atoms with Crippen LogP contribution < -0.4 is 4.74 Å². The Kier molecular flexibility index (Phi) is 8.78. The number of carbonyl (C=O) groups is 1. The van der Waals surface area contributed by atoms with Gasteiger partial charge in [0.15, 0.2) is 0 Å². The zero-order chi connectivity index (χ0) is 35.1. The van der Waals surface area contributed by atoms with Gasteiger partial charge in [0.05, 0.1) is 10.5 Å². The number of benzene rings is 2. The molecule has 0 saturated heterocycles.